The van der Waals surface area contributed by atoms with Crippen LogP contribution in [0.2, 0.25) is 0 Å². The molecular formula is C5H8N4O. The summed E-state index contributed by atoms with van der Waals surface area (Å²) in [5, 5.41) is 10.2. The molecule has 10 heavy (non-hydrogen) atoms. The summed E-state index contributed by atoms with van der Waals surface area (Å²) in [5.74, 6) is 0. The maximum atomic E-state index is 9.77. The van der Waals surface area contributed by atoms with Crippen LogP contribution in [0.4, 0.5) is 0 Å². The van der Waals surface area contributed by atoms with E-state index in [4.69, 9.17) is 0 Å². The van der Waals surface area contributed by atoms with Gasteiger partial charge in [-0.3, -0.25) is 4.79 Å². The molecule has 1 heterocycles. The van der Waals surface area contributed by atoms with Crippen molar-refractivity contribution >= 4 is 6.41 Å². The van der Waals surface area contributed by atoms with Crippen LogP contribution in [0.1, 0.15) is 0 Å². The van der Waals surface area contributed by atoms with E-state index in [1.807, 2.05) is 0 Å². The maximum Gasteiger partial charge on any atom is 0.207 e. The Morgan fingerprint density at radius 1 is 1.50 bits per heavy atom. The van der Waals surface area contributed by atoms with Gasteiger partial charge < -0.3 is 5.32 Å². The van der Waals surface area contributed by atoms with E-state index in [2.05, 4.69) is 15.5 Å². The number of nitrogens with zero attached hydrogens (tertiary/aromatic N) is 3. The van der Waals surface area contributed by atoms with Crippen molar-refractivity contribution in [1.82, 2.24) is 20.3 Å². The van der Waals surface area contributed by atoms with Crippen molar-refractivity contribution in [2.24, 2.45) is 0 Å². The second-order valence-corrected chi connectivity index (χ2v) is 1.70. The molecule has 1 rings (SSSR count). The van der Waals surface area contributed by atoms with Gasteiger partial charge in [0.15, 0.2) is 0 Å². The van der Waals surface area contributed by atoms with E-state index in [0.717, 1.165) is 0 Å². The highest BCUT2D eigenvalue weighted by Gasteiger charge is 1.87. The van der Waals surface area contributed by atoms with Gasteiger partial charge in [0.1, 0.15) is 0 Å². The van der Waals surface area contributed by atoms with Gasteiger partial charge >= 0.3 is 0 Å². The smallest absolute Gasteiger partial charge is 0.207 e. The lowest BCUT2D eigenvalue weighted by Crippen LogP contribution is -2.19. The van der Waals surface area contributed by atoms with Gasteiger partial charge in [-0.1, -0.05) is 0 Å². The number of rotatable bonds is 4. The van der Waals surface area contributed by atoms with Crippen LogP contribution >= 0.6 is 0 Å². The molecule has 0 aromatic carbocycles. The third-order valence-corrected chi connectivity index (χ3v) is 1.01. The molecule has 0 aliphatic rings. The number of amides is 1. The normalized spacial score (nSPS) is 9.20. The molecule has 0 atom stereocenters. The van der Waals surface area contributed by atoms with Crippen molar-refractivity contribution in [2.45, 2.75) is 6.54 Å². The fourth-order valence-corrected chi connectivity index (χ4v) is 0.582. The second-order valence-electron chi connectivity index (χ2n) is 1.70. The number of aromatic nitrogens is 3. The Hall–Kier alpha value is -1.39. The average Bonchev–Trinajstić information content (AvgIpc) is 2.41. The molecule has 0 fully saturated rings. The van der Waals surface area contributed by atoms with Crippen molar-refractivity contribution in [1.29, 1.82) is 0 Å². The lowest BCUT2D eigenvalue weighted by Gasteiger charge is -1.96. The zero-order chi connectivity index (χ0) is 7.23. The predicted molar refractivity (Wildman–Crippen MR) is 34.1 cm³/mol. The van der Waals surface area contributed by atoms with E-state index in [9.17, 15) is 4.79 Å². The van der Waals surface area contributed by atoms with Crippen LogP contribution in [0.3, 0.4) is 0 Å². The minimum atomic E-state index is 0.568. The van der Waals surface area contributed by atoms with Crippen LogP contribution in [0.25, 0.3) is 0 Å². The molecule has 5 nitrogen and oxygen atoms in total. The molecule has 0 saturated heterocycles. The standard InChI is InChI=1S/C5H8N4O/c10-5-6-3-4-9-7-1-2-8-9/h1-2,5H,3-4H2,(H,6,10). The van der Waals surface area contributed by atoms with Crippen LogP contribution in [0, 0.1) is 0 Å². The largest absolute Gasteiger partial charge is 0.357 e. The minimum absolute atomic E-state index is 0.568. The molecule has 1 amide bonds. The first-order chi connectivity index (χ1) is 4.93. The number of hydrogen-bond donors (Lipinski definition) is 1. The lowest BCUT2D eigenvalue weighted by molar-refractivity contribution is -0.109. The molecular weight excluding hydrogens is 132 g/mol. The third kappa shape index (κ3) is 1.85. The van der Waals surface area contributed by atoms with Crippen LogP contribution < -0.4 is 5.32 Å². The molecule has 0 unspecified atom stereocenters. The van der Waals surface area contributed by atoms with E-state index in [0.29, 0.717) is 19.5 Å². The summed E-state index contributed by atoms with van der Waals surface area (Å²) in [6.45, 7) is 1.18. The van der Waals surface area contributed by atoms with Crippen molar-refractivity contribution in [3.63, 3.8) is 0 Å². The van der Waals surface area contributed by atoms with Gasteiger partial charge in [-0.05, 0) is 0 Å². The highest BCUT2D eigenvalue weighted by molar-refractivity contribution is 5.45. The van der Waals surface area contributed by atoms with Crippen LogP contribution in [-0.4, -0.2) is 27.9 Å². The van der Waals surface area contributed by atoms with Gasteiger partial charge in [-0.15, -0.1) is 0 Å². The summed E-state index contributed by atoms with van der Waals surface area (Å²) in [5.41, 5.74) is 0. The van der Waals surface area contributed by atoms with Gasteiger partial charge in [-0.25, -0.2) is 0 Å². The number of carbonyl (C=O) groups is 1. The van der Waals surface area contributed by atoms with Crippen molar-refractivity contribution in [2.75, 3.05) is 6.54 Å². The first-order valence-corrected chi connectivity index (χ1v) is 2.94. The molecule has 1 aromatic rings. The fourth-order valence-electron chi connectivity index (χ4n) is 0.582. The highest BCUT2D eigenvalue weighted by Crippen LogP contribution is 1.74. The Morgan fingerprint density at radius 2 is 2.20 bits per heavy atom. The topological polar surface area (TPSA) is 59.8 Å². The number of hydrogen-bond acceptors (Lipinski definition) is 3. The number of carbonyl (C=O) groups excluding carboxylic acids is 1. The molecule has 0 aliphatic heterocycles. The summed E-state index contributed by atoms with van der Waals surface area (Å²) in [6.07, 6.45) is 3.85. The maximum absolute atomic E-state index is 9.77. The molecule has 0 radical (unpaired) electrons. The van der Waals surface area contributed by atoms with Crippen molar-refractivity contribution in [3.8, 4) is 0 Å². The van der Waals surface area contributed by atoms with Gasteiger partial charge in [0.05, 0.1) is 18.9 Å². The summed E-state index contributed by atoms with van der Waals surface area (Å²) in [4.78, 5) is 11.3. The summed E-state index contributed by atoms with van der Waals surface area (Å²) < 4.78 is 0. The van der Waals surface area contributed by atoms with E-state index < -0.39 is 0 Å². The minimum Gasteiger partial charge on any atom is -0.357 e. The lowest BCUT2D eigenvalue weighted by atomic mass is 10.6. The summed E-state index contributed by atoms with van der Waals surface area (Å²) in [7, 11) is 0. The Kier molecular flexibility index (Phi) is 2.42. The first kappa shape index (κ1) is 6.73. The molecule has 1 aromatic heterocycles. The van der Waals surface area contributed by atoms with Crippen molar-refractivity contribution < 1.29 is 4.79 Å². The number of nitrogens with one attached hydrogen (secondary N) is 1. The van der Waals surface area contributed by atoms with Gasteiger partial charge in [0.25, 0.3) is 0 Å². The van der Waals surface area contributed by atoms with E-state index in [-0.39, 0.29) is 0 Å². The molecule has 0 bridgehead atoms. The molecule has 5 heteroatoms. The van der Waals surface area contributed by atoms with Crippen molar-refractivity contribution in [3.05, 3.63) is 12.4 Å². The van der Waals surface area contributed by atoms with E-state index >= 15 is 0 Å². The Bertz CT molecular complexity index is 184. The predicted octanol–water partition coefficient (Wildman–Crippen LogP) is -0.976. The van der Waals surface area contributed by atoms with Gasteiger partial charge in [0, 0.05) is 6.54 Å². The fraction of sp³-hybridized carbons (Fsp3) is 0.400. The average molecular weight is 140 g/mol. The summed E-state index contributed by atoms with van der Waals surface area (Å²) >= 11 is 0. The van der Waals surface area contributed by atoms with Crippen LogP contribution in [0.5, 0.6) is 0 Å². The van der Waals surface area contributed by atoms with E-state index in [1.54, 1.807) is 12.4 Å². The second kappa shape index (κ2) is 3.60. The Labute approximate surface area is 58.0 Å². The van der Waals surface area contributed by atoms with E-state index in [1.165, 1.54) is 4.80 Å². The summed E-state index contributed by atoms with van der Waals surface area (Å²) in [6, 6.07) is 0. The molecule has 54 valence electrons. The molecule has 0 spiro atoms. The Morgan fingerprint density at radius 3 is 2.80 bits per heavy atom. The first-order valence-electron chi connectivity index (χ1n) is 2.94. The zero-order valence-corrected chi connectivity index (χ0v) is 5.40. The highest BCUT2D eigenvalue weighted by atomic mass is 16.1. The third-order valence-electron chi connectivity index (χ3n) is 1.01. The SMILES string of the molecule is O=CNCCn1nccn1. The Balaban J connectivity index is 2.21. The van der Waals surface area contributed by atoms with Gasteiger partial charge in [0.2, 0.25) is 6.41 Å². The van der Waals surface area contributed by atoms with Crippen LogP contribution in [-0.2, 0) is 11.3 Å². The van der Waals surface area contributed by atoms with Gasteiger partial charge in [-0.2, -0.15) is 15.0 Å². The molecule has 0 saturated carbocycles. The monoisotopic (exact) mass is 140 g/mol. The molecule has 0 aliphatic carbocycles. The van der Waals surface area contributed by atoms with Crippen LogP contribution in [0.15, 0.2) is 12.4 Å². The zero-order valence-electron chi connectivity index (χ0n) is 5.40. The quantitative estimate of drug-likeness (QED) is 0.432. The molecule has 1 N–H and O–H groups in total.